The van der Waals surface area contributed by atoms with Crippen LogP contribution in [-0.2, 0) is 9.53 Å². The maximum atomic E-state index is 13.0. The highest BCUT2D eigenvalue weighted by Crippen LogP contribution is 2.61. The van der Waals surface area contributed by atoms with Crippen LogP contribution in [0.3, 0.4) is 0 Å². The van der Waals surface area contributed by atoms with Gasteiger partial charge in [-0.25, -0.2) is 0 Å². The molecule has 4 nitrogen and oxygen atoms in total. The van der Waals surface area contributed by atoms with Gasteiger partial charge in [-0.15, -0.1) is 0 Å². The first-order chi connectivity index (χ1) is 16.5. The molecule has 2 unspecified atom stereocenters. The summed E-state index contributed by atoms with van der Waals surface area (Å²) in [7, 11) is 1.60. The molecule has 5 rings (SSSR count). The molecule has 1 saturated heterocycles. The summed E-state index contributed by atoms with van der Waals surface area (Å²) in [5.74, 6) is 4.32. The highest BCUT2D eigenvalue weighted by Gasteiger charge is 2.61. The topological polar surface area (TPSA) is 55.8 Å². The number of ether oxygens (including phenoxy) is 2. The normalized spacial score (nSPS) is 34.6. The molecule has 1 N–H and O–H groups in total. The summed E-state index contributed by atoms with van der Waals surface area (Å²) < 4.78 is 50.8. The molecule has 0 bridgehead atoms. The van der Waals surface area contributed by atoms with Gasteiger partial charge in [0.2, 0.25) is 0 Å². The molecule has 4 aliphatic rings. The van der Waals surface area contributed by atoms with Gasteiger partial charge in [0.15, 0.2) is 5.78 Å². The number of halogens is 3. The first-order valence-electron chi connectivity index (χ1n) is 12.1. The molecule has 0 radical (unpaired) electrons. The summed E-state index contributed by atoms with van der Waals surface area (Å²) in [6, 6.07) is 7.61. The molecule has 1 aromatic rings. The maximum absolute atomic E-state index is 13.0. The maximum Gasteiger partial charge on any atom is 0.457 e. The van der Waals surface area contributed by atoms with Crippen LogP contribution in [0.2, 0.25) is 0 Å². The minimum absolute atomic E-state index is 0.0247. The Hall–Kier alpha value is -2.56. The Bertz CT molecular complexity index is 1150. The van der Waals surface area contributed by atoms with Crippen LogP contribution in [-0.4, -0.2) is 36.4 Å². The SMILES string of the molecule is COc1ccc([C@@H]2OC[C@@]3(C)C(CC[C@@]3(O)C#CC(F)(F)F)C3CCC4=CC(=O)CCC4=C32)cc1. The summed E-state index contributed by atoms with van der Waals surface area (Å²) in [6.45, 7) is 1.91. The van der Waals surface area contributed by atoms with Crippen molar-refractivity contribution < 1.29 is 32.5 Å². The van der Waals surface area contributed by atoms with Gasteiger partial charge in [-0.05, 0) is 84.4 Å². The van der Waals surface area contributed by atoms with Gasteiger partial charge < -0.3 is 14.6 Å². The molecule has 1 aliphatic heterocycles. The van der Waals surface area contributed by atoms with Crippen LogP contribution >= 0.6 is 0 Å². The van der Waals surface area contributed by atoms with Crippen molar-refractivity contribution >= 4 is 5.78 Å². The number of ketones is 1. The number of hydrogen-bond acceptors (Lipinski definition) is 4. The second kappa shape index (κ2) is 8.53. The van der Waals surface area contributed by atoms with Crippen LogP contribution in [0.5, 0.6) is 5.75 Å². The Morgan fingerprint density at radius 1 is 1.14 bits per heavy atom. The molecule has 7 heteroatoms. The van der Waals surface area contributed by atoms with Crippen molar-refractivity contribution in [3.63, 3.8) is 0 Å². The predicted molar refractivity (Wildman–Crippen MR) is 123 cm³/mol. The van der Waals surface area contributed by atoms with Crippen molar-refractivity contribution in [2.24, 2.45) is 17.3 Å². The number of hydrogen-bond donors (Lipinski definition) is 1. The van der Waals surface area contributed by atoms with Gasteiger partial charge in [0.05, 0.1) is 13.7 Å². The summed E-state index contributed by atoms with van der Waals surface area (Å²) in [6.07, 6.45) is -0.0290. The molecule has 186 valence electrons. The fourth-order valence-electron chi connectivity index (χ4n) is 6.70. The van der Waals surface area contributed by atoms with Crippen LogP contribution in [0.1, 0.15) is 57.1 Å². The number of carbonyl (C=O) groups excluding carboxylic acids is 1. The smallest absolute Gasteiger partial charge is 0.457 e. The van der Waals surface area contributed by atoms with Crippen molar-refractivity contribution in [3.8, 4) is 17.6 Å². The second-order valence-electron chi connectivity index (χ2n) is 10.3. The molecule has 1 saturated carbocycles. The van der Waals surface area contributed by atoms with E-state index in [2.05, 4.69) is 5.92 Å². The summed E-state index contributed by atoms with van der Waals surface area (Å²) in [4.78, 5) is 12.2. The lowest BCUT2D eigenvalue weighted by molar-refractivity contribution is -0.114. The van der Waals surface area contributed by atoms with E-state index in [0.717, 1.165) is 35.1 Å². The fraction of sp³-hybridized carbons (Fsp3) is 0.536. The zero-order valence-corrected chi connectivity index (χ0v) is 19.9. The van der Waals surface area contributed by atoms with Gasteiger partial charge in [-0.3, -0.25) is 4.79 Å². The average molecular weight is 487 g/mol. The molecule has 0 spiro atoms. The van der Waals surface area contributed by atoms with Crippen molar-refractivity contribution in [3.05, 3.63) is 52.6 Å². The van der Waals surface area contributed by atoms with E-state index in [-0.39, 0.29) is 30.6 Å². The minimum Gasteiger partial charge on any atom is -0.497 e. The van der Waals surface area contributed by atoms with E-state index in [9.17, 15) is 23.1 Å². The number of alkyl halides is 3. The molecular formula is C28H29F3O4. The van der Waals surface area contributed by atoms with Gasteiger partial charge in [0.25, 0.3) is 0 Å². The molecular weight excluding hydrogens is 457 g/mol. The number of rotatable bonds is 2. The van der Waals surface area contributed by atoms with Gasteiger partial charge in [0.1, 0.15) is 17.5 Å². The lowest BCUT2D eigenvalue weighted by Crippen LogP contribution is -2.48. The van der Waals surface area contributed by atoms with Gasteiger partial charge in [0, 0.05) is 17.8 Å². The van der Waals surface area contributed by atoms with E-state index in [1.165, 1.54) is 5.92 Å². The number of benzene rings is 1. The molecule has 0 aromatic heterocycles. The zero-order chi connectivity index (χ0) is 25.0. The largest absolute Gasteiger partial charge is 0.497 e. The monoisotopic (exact) mass is 486 g/mol. The van der Waals surface area contributed by atoms with Gasteiger partial charge >= 0.3 is 6.18 Å². The third kappa shape index (κ3) is 4.11. The molecule has 35 heavy (non-hydrogen) atoms. The average Bonchev–Trinajstić information content (AvgIpc) is 2.99. The van der Waals surface area contributed by atoms with Gasteiger partial charge in [-0.1, -0.05) is 25.0 Å². The van der Waals surface area contributed by atoms with Crippen LogP contribution < -0.4 is 4.74 Å². The van der Waals surface area contributed by atoms with E-state index < -0.39 is 23.3 Å². The Kier molecular flexibility index (Phi) is 5.89. The lowest BCUT2D eigenvalue weighted by atomic mass is 9.61. The summed E-state index contributed by atoms with van der Waals surface area (Å²) in [5, 5.41) is 11.5. The number of methoxy groups -OCH3 is 1. The molecule has 1 aromatic carbocycles. The fourth-order valence-corrected chi connectivity index (χ4v) is 6.70. The Balaban J connectivity index is 1.64. The van der Waals surface area contributed by atoms with E-state index in [0.29, 0.717) is 25.0 Å². The molecule has 1 heterocycles. The van der Waals surface area contributed by atoms with E-state index in [1.54, 1.807) is 13.2 Å². The first-order valence-corrected chi connectivity index (χ1v) is 12.1. The number of carbonyl (C=O) groups is 1. The number of fused-ring (bicyclic) bond motifs is 4. The first kappa shape index (κ1) is 24.1. The van der Waals surface area contributed by atoms with Crippen molar-refractivity contribution in [2.45, 2.75) is 63.3 Å². The third-order valence-corrected chi connectivity index (χ3v) is 8.54. The quantitative estimate of drug-likeness (QED) is 0.563. The Morgan fingerprint density at radius 2 is 1.89 bits per heavy atom. The zero-order valence-electron chi connectivity index (χ0n) is 19.9. The van der Waals surface area contributed by atoms with Crippen molar-refractivity contribution in [1.29, 1.82) is 0 Å². The highest BCUT2D eigenvalue weighted by atomic mass is 19.4. The third-order valence-electron chi connectivity index (χ3n) is 8.54. The van der Waals surface area contributed by atoms with E-state index in [4.69, 9.17) is 9.47 Å². The molecule has 2 fully saturated rings. The standard InChI is InChI=1S/C28H29F3O4/c1-26-16-35-25(17-3-7-20(34-2)8-4-17)24-21-10-6-19(32)15-18(21)5-9-22(24)23(26)11-12-27(26,33)13-14-28(29,30)31/h3-4,7-8,15,22-23,25,33H,5-6,9-12,16H2,1-2H3/t22?,23?,25-,26-,27+/m0/s1. The van der Waals surface area contributed by atoms with Crippen molar-refractivity contribution in [2.75, 3.05) is 13.7 Å². The number of aliphatic hydroxyl groups is 1. The Labute approximate surface area is 203 Å². The highest BCUT2D eigenvalue weighted by molar-refractivity contribution is 5.93. The van der Waals surface area contributed by atoms with Crippen LogP contribution in [0, 0.1) is 29.1 Å². The second-order valence-corrected chi connectivity index (χ2v) is 10.3. The molecule has 5 atom stereocenters. The van der Waals surface area contributed by atoms with E-state index in [1.807, 2.05) is 31.2 Å². The number of allylic oxidation sites excluding steroid dienone is 3. The van der Waals surface area contributed by atoms with Crippen LogP contribution in [0.4, 0.5) is 13.2 Å². The Morgan fingerprint density at radius 3 is 2.57 bits per heavy atom. The van der Waals surface area contributed by atoms with Crippen molar-refractivity contribution in [1.82, 2.24) is 0 Å². The van der Waals surface area contributed by atoms with Crippen LogP contribution in [0.25, 0.3) is 0 Å². The summed E-state index contributed by atoms with van der Waals surface area (Å²) in [5.41, 5.74) is 1.46. The molecule has 0 amide bonds. The predicted octanol–water partition coefficient (Wildman–Crippen LogP) is 5.48. The van der Waals surface area contributed by atoms with Gasteiger partial charge in [-0.2, -0.15) is 13.2 Å². The summed E-state index contributed by atoms with van der Waals surface area (Å²) >= 11 is 0. The molecule has 3 aliphatic carbocycles. The van der Waals surface area contributed by atoms with E-state index >= 15 is 0 Å². The lowest BCUT2D eigenvalue weighted by Gasteiger charge is -2.42. The minimum atomic E-state index is -4.67. The van der Waals surface area contributed by atoms with Crippen LogP contribution in [0.15, 0.2) is 47.1 Å².